The molecule has 3 aromatic rings. The fourth-order valence-corrected chi connectivity index (χ4v) is 3.84. The highest BCUT2D eigenvalue weighted by Crippen LogP contribution is 2.33. The zero-order chi connectivity index (χ0) is 22.7. The molecule has 0 radical (unpaired) electrons. The monoisotopic (exact) mass is 448 g/mol. The number of urea groups is 1. The molecule has 1 fully saturated rings. The standard InChI is InChI=1S/C25H21ClN2O4/c1-2-25(18-10-12-19(26)13-11-18)23(30)28(24(31)27-25)16-22(29)17-8-14-21(15-9-17)32-20-6-4-3-5-7-20/h3-15H,2,16H2,1H3,(H,27,31). The van der Waals surface area contributed by atoms with Crippen molar-refractivity contribution >= 4 is 29.3 Å². The first-order chi connectivity index (χ1) is 15.4. The molecule has 6 nitrogen and oxygen atoms in total. The molecule has 32 heavy (non-hydrogen) atoms. The van der Waals surface area contributed by atoms with E-state index in [4.69, 9.17) is 16.3 Å². The molecular formula is C25H21ClN2O4. The molecule has 0 aromatic heterocycles. The molecule has 1 aliphatic rings. The first-order valence-electron chi connectivity index (χ1n) is 10.2. The summed E-state index contributed by atoms with van der Waals surface area (Å²) in [4.78, 5) is 39.6. The normalized spacial score (nSPS) is 17.9. The second-order valence-corrected chi connectivity index (χ2v) is 7.89. The Morgan fingerprint density at radius 2 is 1.56 bits per heavy atom. The number of para-hydroxylation sites is 1. The van der Waals surface area contributed by atoms with Crippen LogP contribution in [0.2, 0.25) is 5.02 Å². The largest absolute Gasteiger partial charge is 0.457 e. The Labute approximate surface area is 190 Å². The number of amides is 3. The smallest absolute Gasteiger partial charge is 0.325 e. The minimum atomic E-state index is -1.21. The molecule has 0 spiro atoms. The number of benzene rings is 3. The van der Waals surface area contributed by atoms with Gasteiger partial charge in [-0.3, -0.25) is 14.5 Å². The maximum absolute atomic E-state index is 13.2. The SMILES string of the molecule is CCC1(c2ccc(Cl)cc2)NC(=O)N(CC(=O)c2ccc(Oc3ccccc3)cc2)C1=O. The van der Waals surface area contributed by atoms with Crippen LogP contribution in [-0.4, -0.2) is 29.2 Å². The number of hydrogen-bond donors (Lipinski definition) is 1. The lowest BCUT2D eigenvalue weighted by atomic mass is 9.87. The highest BCUT2D eigenvalue weighted by molar-refractivity contribution is 6.30. The molecule has 4 rings (SSSR count). The van der Waals surface area contributed by atoms with Crippen LogP contribution in [0.25, 0.3) is 0 Å². The van der Waals surface area contributed by atoms with Crippen molar-refractivity contribution in [1.82, 2.24) is 10.2 Å². The van der Waals surface area contributed by atoms with Gasteiger partial charge in [0.05, 0.1) is 6.54 Å². The molecule has 3 aromatic carbocycles. The number of Topliss-reactive ketones (excluding diaryl/α,β-unsaturated/α-hetero) is 1. The number of ketones is 1. The van der Waals surface area contributed by atoms with Gasteiger partial charge in [-0.05, 0) is 60.5 Å². The average Bonchev–Trinajstić information content (AvgIpc) is 3.06. The predicted octanol–water partition coefficient (Wildman–Crippen LogP) is 5.17. The zero-order valence-electron chi connectivity index (χ0n) is 17.4. The molecule has 162 valence electrons. The Balaban J connectivity index is 1.48. The third-order valence-electron chi connectivity index (χ3n) is 5.50. The Morgan fingerprint density at radius 1 is 0.938 bits per heavy atom. The van der Waals surface area contributed by atoms with Crippen molar-refractivity contribution in [2.45, 2.75) is 18.9 Å². The minimum Gasteiger partial charge on any atom is -0.457 e. The number of ether oxygens (including phenoxy) is 1. The second kappa shape index (κ2) is 8.85. The number of halogens is 1. The van der Waals surface area contributed by atoms with Gasteiger partial charge in [0.1, 0.15) is 17.0 Å². The van der Waals surface area contributed by atoms with Crippen LogP contribution >= 0.6 is 11.6 Å². The molecule has 7 heteroatoms. The Morgan fingerprint density at radius 3 is 2.19 bits per heavy atom. The van der Waals surface area contributed by atoms with Gasteiger partial charge in [0, 0.05) is 10.6 Å². The molecule has 1 saturated heterocycles. The number of carbonyl (C=O) groups excluding carboxylic acids is 3. The lowest BCUT2D eigenvalue weighted by Crippen LogP contribution is -2.43. The van der Waals surface area contributed by atoms with Crippen LogP contribution in [0.3, 0.4) is 0 Å². The maximum Gasteiger partial charge on any atom is 0.325 e. The van der Waals surface area contributed by atoms with Crippen LogP contribution in [0.1, 0.15) is 29.3 Å². The molecule has 1 heterocycles. The van der Waals surface area contributed by atoms with Gasteiger partial charge in [-0.15, -0.1) is 0 Å². The van der Waals surface area contributed by atoms with Crippen LogP contribution in [0.4, 0.5) is 4.79 Å². The first kappa shape index (κ1) is 21.6. The molecule has 3 amide bonds. The van der Waals surface area contributed by atoms with Gasteiger partial charge < -0.3 is 10.1 Å². The van der Waals surface area contributed by atoms with Crippen LogP contribution in [-0.2, 0) is 10.3 Å². The van der Waals surface area contributed by atoms with Gasteiger partial charge in [0.15, 0.2) is 5.78 Å². The van der Waals surface area contributed by atoms with E-state index in [1.807, 2.05) is 37.3 Å². The summed E-state index contributed by atoms with van der Waals surface area (Å²) >= 11 is 5.96. The summed E-state index contributed by atoms with van der Waals surface area (Å²) in [6, 6.07) is 22.0. The lowest BCUT2D eigenvalue weighted by molar-refractivity contribution is -0.131. The summed E-state index contributed by atoms with van der Waals surface area (Å²) in [6.45, 7) is 1.46. The lowest BCUT2D eigenvalue weighted by Gasteiger charge is -2.25. The maximum atomic E-state index is 13.2. The zero-order valence-corrected chi connectivity index (χ0v) is 18.1. The van der Waals surface area contributed by atoms with E-state index < -0.39 is 17.5 Å². The van der Waals surface area contributed by atoms with Gasteiger partial charge in [0.2, 0.25) is 0 Å². The van der Waals surface area contributed by atoms with Crippen molar-refractivity contribution in [1.29, 1.82) is 0 Å². The topological polar surface area (TPSA) is 75.7 Å². The van der Waals surface area contributed by atoms with Crippen LogP contribution in [0, 0.1) is 0 Å². The number of carbonyl (C=O) groups is 3. The molecule has 1 atom stereocenters. The van der Waals surface area contributed by atoms with E-state index in [9.17, 15) is 14.4 Å². The third kappa shape index (κ3) is 4.09. The Kier molecular flexibility index (Phi) is 5.97. The number of nitrogens with one attached hydrogen (secondary N) is 1. The number of rotatable bonds is 7. The fourth-order valence-electron chi connectivity index (χ4n) is 3.71. The third-order valence-corrected chi connectivity index (χ3v) is 5.75. The summed E-state index contributed by atoms with van der Waals surface area (Å²) < 4.78 is 5.73. The van der Waals surface area contributed by atoms with E-state index >= 15 is 0 Å². The molecule has 1 unspecified atom stereocenters. The van der Waals surface area contributed by atoms with Gasteiger partial charge in [0.25, 0.3) is 5.91 Å². The van der Waals surface area contributed by atoms with Gasteiger partial charge in [-0.1, -0.05) is 48.9 Å². The summed E-state index contributed by atoms with van der Waals surface area (Å²) in [7, 11) is 0. The molecule has 1 aliphatic heterocycles. The van der Waals surface area contributed by atoms with Crippen molar-refractivity contribution < 1.29 is 19.1 Å². The van der Waals surface area contributed by atoms with Crippen LogP contribution in [0.5, 0.6) is 11.5 Å². The summed E-state index contributed by atoms with van der Waals surface area (Å²) in [5, 5.41) is 3.30. The predicted molar refractivity (Wildman–Crippen MR) is 121 cm³/mol. The van der Waals surface area contributed by atoms with E-state index in [1.54, 1.807) is 48.5 Å². The fraction of sp³-hybridized carbons (Fsp3) is 0.160. The van der Waals surface area contributed by atoms with Gasteiger partial charge in [-0.2, -0.15) is 0 Å². The second-order valence-electron chi connectivity index (χ2n) is 7.45. The summed E-state index contributed by atoms with van der Waals surface area (Å²) in [5.41, 5.74) is -0.207. The van der Waals surface area contributed by atoms with Crippen molar-refractivity contribution in [3.8, 4) is 11.5 Å². The Hall–Kier alpha value is -3.64. The number of hydrogen-bond acceptors (Lipinski definition) is 4. The van der Waals surface area contributed by atoms with E-state index in [0.717, 1.165) is 4.90 Å². The first-order valence-corrected chi connectivity index (χ1v) is 10.6. The van der Waals surface area contributed by atoms with Crippen LogP contribution < -0.4 is 10.1 Å². The molecule has 0 bridgehead atoms. The highest BCUT2D eigenvalue weighted by atomic mass is 35.5. The number of imide groups is 1. The summed E-state index contributed by atoms with van der Waals surface area (Å²) in [6.07, 6.45) is 0.343. The molecule has 0 saturated carbocycles. The minimum absolute atomic E-state index is 0.343. The molecular weight excluding hydrogens is 428 g/mol. The van der Waals surface area contributed by atoms with Crippen molar-refractivity contribution in [3.05, 3.63) is 95.0 Å². The quantitative estimate of drug-likeness (QED) is 0.399. The van der Waals surface area contributed by atoms with Crippen LogP contribution in [0.15, 0.2) is 78.9 Å². The van der Waals surface area contributed by atoms with Gasteiger partial charge in [-0.25, -0.2) is 4.79 Å². The van der Waals surface area contributed by atoms with E-state index in [-0.39, 0.29) is 12.3 Å². The summed E-state index contributed by atoms with van der Waals surface area (Å²) in [5.74, 6) is 0.465. The Bertz CT molecular complexity index is 1150. The van der Waals surface area contributed by atoms with E-state index in [0.29, 0.717) is 34.1 Å². The van der Waals surface area contributed by atoms with Gasteiger partial charge >= 0.3 is 6.03 Å². The van der Waals surface area contributed by atoms with Crippen molar-refractivity contribution in [3.63, 3.8) is 0 Å². The van der Waals surface area contributed by atoms with Crippen molar-refractivity contribution in [2.75, 3.05) is 6.54 Å². The van der Waals surface area contributed by atoms with E-state index in [1.165, 1.54) is 0 Å². The highest BCUT2D eigenvalue weighted by Gasteiger charge is 2.51. The molecule has 0 aliphatic carbocycles. The van der Waals surface area contributed by atoms with Crippen molar-refractivity contribution in [2.24, 2.45) is 0 Å². The van der Waals surface area contributed by atoms with E-state index in [2.05, 4.69) is 5.32 Å². The number of nitrogens with zero attached hydrogens (tertiary/aromatic N) is 1. The average molecular weight is 449 g/mol. The molecule has 1 N–H and O–H groups in total.